The second-order valence-corrected chi connectivity index (χ2v) is 11.4. The van der Waals surface area contributed by atoms with Crippen LogP contribution in [0.15, 0.2) is 120 Å². The molecule has 0 unspecified atom stereocenters. The van der Waals surface area contributed by atoms with Crippen molar-refractivity contribution in [3.05, 3.63) is 132 Å². The van der Waals surface area contributed by atoms with E-state index in [1.54, 1.807) is 48.5 Å². The van der Waals surface area contributed by atoms with Crippen LogP contribution < -0.4 is 9.62 Å². The molecule has 0 spiro atoms. The molecule has 1 N–H and O–H groups in total. The molecular weight excluding hydrogens is 522 g/mol. The number of carbonyl (C=O) groups is 2. The highest BCUT2D eigenvalue weighted by molar-refractivity contribution is 7.92. The smallest absolute Gasteiger partial charge is 0.264 e. The van der Waals surface area contributed by atoms with Crippen molar-refractivity contribution in [3.63, 3.8) is 0 Å². The number of sulfonamides is 1. The highest BCUT2D eigenvalue weighted by atomic mass is 32.2. The third-order valence-electron chi connectivity index (χ3n) is 6.61. The van der Waals surface area contributed by atoms with E-state index in [1.807, 2.05) is 61.5 Å². The molecule has 0 saturated heterocycles. The standard InChI is InChI=1S/C32H33N3O4S/c1-25-13-12-16-27(21-25)23-34(30(32(37)33-2)22-26-14-6-3-7-15-26)31(36)24-35(28-17-8-4-9-18-28)40(38,39)29-19-10-5-11-20-29/h3-21,30H,22-24H2,1-2H3,(H,33,37)/t30-/m1/s1. The Balaban J connectivity index is 1.76. The van der Waals surface area contributed by atoms with Crippen LogP contribution in [0.5, 0.6) is 0 Å². The van der Waals surface area contributed by atoms with Gasteiger partial charge in [0.05, 0.1) is 10.6 Å². The van der Waals surface area contributed by atoms with Crippen LogP contribution in [0.2, 0.25) is 0 Å². The Labute approximate surface area is 236 Å². The maximum atomic E-state index is 14.2. The molecule has 0 heterocycles. The van der Waals surface area contributed by atoms with Crippen molar-refractivity contribution in [2.24, 2.45) is 0 Å². The largest absolute Gasteiger partial charge is 0.357 e. The Morgan fingerprint density at radius 3 is 1.95 bits per heavy atom. The lowest BCUT2D eigenvalue weighted by molar-refractivity contribution is -0.139. The summed E-state index contributed by atoms with van der Waals surface area (Å²) in [6, 6.07) is 32.9. The van der Waals surface area contributed by atoms with Gasteiger partial charge in [-0.2, -0.15) is 0 Å². The molecule has 0 radical (unpaired) electrons. The molecule has 0 aliphatic rings. The number of carbonyl (C=O) groups excluding carboxylic acids is 2. The van der Waals surface area contributed by atoms with Crippen LogP contribution in [0, 0.1) is 6.92 Å². The van der Waals surface area contributed by atoms with Gasteiger partial charge in [-0.05, 0) is 42.3 Å². The van der Waals surface area contributed by atoms with E-state index in [0.29, 0.717) is 5.69 Å². The molecule has 0 aliphatic carbocycles. The minimum atomic E-state index is -4.09. The maximum Gasteiger partial charge on any atom is 0.264 e. The lowest BCUT2D eigenvalue weighted by Gasteiger charge is -2.33. The first-order valence-electron chi connectivity index (χ1n) is 13.0. The van der Waals surface area contributed by atoms with Gasteiger partial charge in [0.2, 0.25) is 11.8 Å². The molecule has 4 aromatic rings. The van der Waals surface area contributed by atoms with Gasteiger partial charge >= 0.3 is 0 Å². The molecule has 206 valence electrons. The normalized spacial score (nSPS) is 11.8. The first-order valence-corrected chi connectivity index (χ1v) is 14.5. The molecule has 2 amide bonds. The summed E-state index contributed by atoms with van der Waals surface area (Å²) in [6.45, 7) is 1.62. The van der Waals surface area contributed by atoms with E-state index in [-0.39, 0.29) is 23.8 Å². The maximum absolute atomic E-state index is 14.2. The molecule has 1 atom stereocenters. The number of amides is 2. The predicted molar refractivity (Wildman–Crippen MR) is 157 cm³/mol. The highest BCUT2D eigenvalue weighted by Gasteiger charge is 2.34. The summed E-state index contributed by atoms with van der Waals surface area (Å²) in [5.41, 5.74) is 3.10. The van der Waals surface area contributed by atoms with Crippen LogP contribution in [-0.4, -0.2) is 44.8 Å². The number of hydrogen-bond acceptors (Lipinski definition) is 4. The van der Waals surface area contributed by atoms with E-state index in [9.17, 15) is 18.0 Å². The Hall–Kier alpha value is -4.43. The second kappa shape index (κ2) is 13.1. The quantitative estimate of drug-likeness (QED) is 0.294. The Kier molecular flexibility index (Phi) is 9.35. The zero-order valence-corrected chi connectivity index (χ0v) is 23.4. The fraction of sp³-hybridized carbons (Fsp3) is 0.188. The number of benzene rings is 4. The van der Waals surface area contributed by atoms with Crippen LogP contribution in [0.25, 0.3) is 0 Å². The van der Waals surface area contributed by atoms with Crippen LogP contribution in [-0.2, 0) is 32.6 Å². The molecule has 4 rings (SSSR count). The number of aryl methyl sites for hydroxylation is 1. The lowest BCUT2D eigenvalue weighted by Crippen LogP contribution is -2.53. The van der Waals surface area contributed by atoms with Crippen molar-refractivity contribution >= 4 is 27.5 Å². The Morgan fingerprint density at radius 2 is 1.35 bits per heavy atom. The van der Waals surface area contributed by atoms with Crippen molar-refractivity contribution < 1.29 is 18.0 Å². The summed E-state index contributed by atoms with van der Waals surface area (Å²) >= 11 is 0. The van der Waals surface area contributed by atoms with E-state index < -0.39 is 28.5 Å². The second-order valence-electron chi connectivity index (χ2n) is 9.49. The van der Waals surface area contributed by atoms with Crippen molar-refractivity contribution in [2.75, 3.05) is 17.9 Å². The summed E-state index contributed by atoms with van der Waals surface area (Å²) in [7, 11) is -2.55. The fourth-order valence-electron chi connectivity index (χ4n) is 4.57. The van der Waals surface area contributed by atoms with E-state index in [2.05, 4.69) is 5.32 Å². The van der Waals surface area contributed by atoms with Gasteiger partial charge in [-0.3, -0.25) is 13.9 Å². The number of likely N-dealkylation sites (N-methyl/N-ethyl adjacent to an activating group) is 1. The monoisotopic (exact) mass is 555 g/mol. The molecular formula is C32H33N3O4S. The van der Waals surface area contributed by atoms with Gasteiger partial charge in [0.1, 0.15) is 12.6 Å². The van der Waals surface area contributed by atoms with Gasteiger partial charge in [0.15, 0.2) is 0 Å². The van der Waals surface area contributed by atoms with E-state index in [1.165, 1.54) is 24.1 Å². The number of anilines is 1. The third kappa shape index (κ3) is 6.95. The molecule has 0 bridgehead atoms. The van der Waals surface area contributed by atoms with Gasteiger partial charge in [0, 0.05) is 20.0 Å². The van der Waals surface area contributed by atoms with Crippen molar-refractivity contribution in [2.45, 2.75) is 30.8 Å². The molecule has 0 fully saturated rings. The van der Waals surface area contributed by atoms with E-state index in [4.69, 9.17) is 0 Å². The van der Waals surface area contributed by atoms with Crippen LogP contribution >= 0.6 is 0 Å². The van der Waals surface area contributed by atoms with Crippen LogP contribution in [0.3, 0.4) is 0 Å². The topological polar surface area (TPSA) is 86.8 Å². The lowest BCUT2D eigenvalue weighted by atomic mass is 10.0. The summed E-state index contributed by atoms with van der Waals surface area (Å²) in [6.07, 6.45) is 0.273. The van der Waals surface area contributed by atoms with Gasteiger partial charge in [-0.25, -0.2) is 8.42 Å². The molecule has 0 saturated carbocycles. The molecule has 40 heavy (non-hydrogen) atoms. The van der Waals surface area contributed by atoms with Crippen LogP contribution in [0.4, 0.5) is 5.69 Å². The SMILES string of the molecule is CNC(=O)[C@@H](Cc1ccccc1)N(Cc1cccc(C)c1)C(=O)CN(c1ccccc1)S(=O)(=O)c1ccccc1. The predicted octanol–water partition coefficient (Wildman–Crippen LogP) is 4.58. The summed E-state index contributed by atoms with van der Waals surface area (Å²) in [5.74, 6) is -0.823. The average Bonchev–Trinajstić information content (AvgIpc) is 2.98. The third-order valence-corrected chi connectivity index (χ3v) is 8.40. The average molecular weight is 556 g/mol. The number of hydrogen-bond donors (Lipinski definition) is 1. The number of rotatable bonds is 11. The first-order chi connectivity index (χ1) is 19.3. The summed E-state index contributed by atoms with van der Waals surface area (Å²) in [5, 5.41) is 2.69. The zero-order valence-electron chi connectivity index (χ0n) is 22.6. The molecule has 8 heteroatoms. The van der Waals surface area contributed by atoms with Gasteiger partial charge in [-0.15, -0.1) is 0 Å². The number of para-hydroxylation sites is 1. The highest BCUT2D eigenvalue weighted by Crippen LogP contribution is 2.25. The first kappa shape index (κ1) is 28.6. The summed E-state index contributed by atoms with van der Waals surface area (Å²) < 4.78 is 28.7. The van der Waals surface area contributed by atoms with Gasteiger partial charge in [0.25, 0.3) is 10.0 Å². The zero-order chi connectivity index (χ0) is 28.5. The Bertz CT molecular complexity index is 1530. The van der Waals surface area contributed by atoms with Gasteiger partial charge in [-0.1, -0.05) is 96.6 Å². The molecule has 0 aliphatic heterocycles. The molecule has 7 nitrogen and oxygen atoms in total. The van der Waals surface area contributed by atoms with E-state index >= 15 is 0 Å². The van der Waals surface area contributed by atoms with Gasteiger partial charge < -0.3 is 10.2 Å². The van der Waals surface area contributed by atoms with Crippen molar-refractivity contribution in [3.8, 4) is 0 Å². The minimum Gasteiger partial charge on any atom is -0.357 e. The summed E-state index contributed by atoms with van der Waals surface area (Å²) in [4.78, 5) is 29.0. The number of nitrogens with zero attached hydrogens (tertiary/aromatic N) is 2. The minimum absolute atomic E-state index is 0.0732. The van der Waals surface area contributed by atoms with Crippen LogP contribution in [0.1, 0.15) is 16.7 Å². The molecule has 0 aromatic heterocycles. The van der Waals surface area contributed by atoms with E-state index in [0.717, 1.165) is 21.0 Å². The molecule has 4 aromatic carbocycles. The Morgan fingerprint density at radius 1 is 0.775 bits per heavy atom. The van der Waals surface area contributed by atoms with Crippen molar-refractivity contribution in [1.82, 2.24) is 10.2 Å². The van der Waals surface area contributed by atoms with Crippen molar-refractivity contribution in [1.29, 1.82) is 0 Å². The fourth-order valence-corrected chi connectivity index (χ4v) is 6.01. The number of nitrogens with one attached hydrogen (secondary N) is 1.